The second-order valence-electron chi connectivity index (χ2n) is 10.7. The molecule has 0 aliphatic heterocycles. The molecule has 0 N–H and O–H groups in total. The second kappa shape index (κ2) is 8.02. The smallest absolute Gasteiger partial charge is 0.227 e. The van der Waals surface area contributed by atoms with Crippen molar-refractivity contribution in [3.8, 4) is 45.2 Å². The van der Waals surface area contributed by atoms with Gasteiger partial charge in [-0.2, -0.15) is 0 Å². The van der Waals surface area contributed by atoms with Crippen molar-refractivity contribution in [1.82, 2.24) is 9.97 Å². The van der Waals surface area contributed by atoms with Gasteiger partial charge in [0, 0.05) is 16.5 Å². The highest BCUT2D eigenvalue weighted by Crippen LogP contribution is 2.49. The molecule has 1 aliphatic rings. The van der Waals surface area contributed by atoms with E-state index in [4.69, 9.17) is 18.8 Å². The van der Waals surface area contributed by atoms with Gasteiger partial charge < -0.3 is 8.83 Å². The topological polar surface area (TPSA) is 52.1 Å². The third-order valence-electron chi connectivity index (χ3n) is 7.93. The van der Waals surface area contributed by atoms with Gasteiger partial charge in [0.2, 0.25) is 11.8 Å². The molecule has 7 aromatic rings. The van der Waals surface area contributed by atoms with E-state index in [1.807, 2.05) is 54.6 Å². The van der Waals surface area contributed by atoms with Crippen molar-refractivity contribution in [3.05, 3.63) is 120 Å². The van der Waals surface area contributed by atoms with E-state index in [9.17, 15) is 0 Å². The summed E-state index contributed by atoms with van der Waals surface area (Å²) < 4.78 is 12.4. The fourth-order valence-corrected chi connectivity index (χ4v) is 5.92. The molecule has 0 atom stereocenters. The average Bonchev–Trinajstić information content (AvgIpc) is 3.66. The SMILES string of the molecule is CC1(C)c2ccccc2-c2ccc(-c3cc(-c4nc5ccccc5o4)cc(-c4nc5ccccc5o4)c3)cc21. The number of hydrogen-bond acceptors (Lipinski definition) is 4. The first kappa shape index (κ1) is 22.1. The van der Waals surface area contributed by atoms with E-state index < -0.39 is 0 Å². The Morgan fingerprint density at radius 3 is 1.67 bits per heavy atom. The molecule has 0 spiro atoms. The van der Waals surface area contributed by atoms with Gasteiger partial charge in [0.05, 0.1) is 0 Å². The van der Waals surface area contributed by atoms with E-state index in [-0.39, 0.29) is 5.41 Å². The van der Waals surface area contributed by atoms with Crippen LogP contribution in [0.1, 0.15) is 25.0 Å². The van der Waals surface area contributed by atoms with Crippen molar-refractivity contribution in [3.63, 3.8) is 0 Å². The first-order chi connectivity index (χ1) is 19.0. The van der Waals surface area contributed by atoms with Gasteiger partial charge in [-0.25, -0.2) is 9.97 Å². The summed E-state index contributed by atoms with van der Waals surface area (Å²) in [6, 6.07) is 37.5. The summed E-state index contributed by atoms with van der Waals surface area (Å²) in [5, 5.41) is 0. The van der Waals surface area contributed by atoms with Crippen LogP contribution in [-0.2, 0) is 5.41 Å². The van der Waals surface area contributed by atoms with Crippen LogP contribution in [0.15, 0.2) is 118 Å². The molecule has 0 saturated carbocycles. The molecular formula is C35H24N2O2. The molecule has 2 heterocycles. The Morgan fingerprint density at radius 1 is 0.487 bits per heavy atom. The molecule has 5 aromatic carbocycles. The monoisotopic (exact) mass is 504 g/mol. The molecule has 39 heavy (non-hydrogen) atoms. The summed E-state index contributed by atoms with van der Waals surface area (Å²) in [4.78, 5) is 9.57. The molecule has 186 valence electrons. The number of nitrogens with zero attached hydrogens (tertiary/aromatic N) is 2. The van der Waals surface area contributed by atoms with Gasteiger partial charge in [-0.05, 0) is 81.9 Å². The molecule has 8 rings (SSSR count). The predicted molar refractivity (Wildman–Crippen MR) is 155 cm³/mol. The molecule has 0 fully saturated rings. The zero-order chi connectivity index (χ0) is 26.1. The Labute approximate surface area is 225 Å². The van der Waals surface area contributed by atoms with Gasteiger partial charge in [-0.1, -0.05) is 74.5 Å². The third-order valence-corrected chi connectivity index (χ3v) is 7.93. The van der Waals surface area contributed by atoms with Crippen molar-refractivity contribution in [2.75, 3.05) is 0 Å². The fraction of sp³-hybridized carbons (Fsp3) is 0.0857. The minimum Gasteiger partial charge on any atom is -0.436 e. The maximum absolute atomic E-state index is 6.18. The molecule has 1 aliphatic carbocycles. The first-order valence-corrected chi connectivity index (χ1v) is 13.2. The summed E-state index contributed by atoms with van der Waals surface area (Å²) >= 11 is 0. The number of para-hydroxylation sites is 4. The molecule has 0 saturated heterocycles. The van der Waals surface area contributed by atoms with Gasteiger partial charge in [0.25, 0.3) is 0 Å². The lowest BCUT2D eigenvalue weighted by atomic mass is 9.81. The highest BCUT2D eigenvalue weighted by molar-refractivity contribution is 5.86. The van der Waals surface area contributed by atoms with Crippen LogP contribution in [0, 0.1) is 0 Å². The molecule has 0 unspecified atom stereocenters. The van der Waals surface area contributed by atoms with Crippen LogP contribution in [0.3, 0.4) is 0 Å². The number of rotatable bonds is 3. The predicted octanol–water partition coefficient (Wildman–Crippen LogP) is 9.28. The maximum atomic E-state index is 6.18. The number of fused-ring (bicyclic) bond motifs is 5. The fourth-order valence-electron chi connectivity index (χ4n) is 5.92. The summed E-state index contributed by atoms with van der Waals surface area (Å²) in [5.41, 5.74) is 12.4. The quantitative estimate of drug-likeness (QED) is 0.241. The number of aromatic nitrogens is 2. The van der Waals surface area contributed by atoms with E-state index in [1.165, 1.54) is 22.3 Å². The van der Waals surface area contributed by atoms with Crippen molar-refractivity contribution in [2.24, 2.45) is 0 Å². The lowest BCUT2D eigenvalue weighted by molar-refractivity contribution is 0.617. The number of oxazole rings is 2. The summed E-state index contributed by atoms with van der Waals surface area (Å²) in [6.45, 7) is 4.61. The molecule has 4 heteroatoms. The average molecular weight is 505 g/mol. The van der Waals surface area contributed by atoms with Gasteiger partial charge in [0.1, 0.15) is 11.0 Å². The first-order valence-electron chi connectivity index (χ1n) is 13.2. The standard InChI is InChI=1S/C35H24N2O2/c1-35(2)27-10-4-3-9-25(27)26-16-15-21(20-28(26)35)22-17-23(33-36-29-11-5-7-13-31(29)38-33)19-24(18-22)34-37-30-12-6-8-14-32(30)39-34/h3-20H,1-2H3. The molecule has 2 aromatic heterocycles. The summed E-state index contributed by atoms with van der Waals surface area (Å²) in [6.07, 6.45) is 0. The van der Waals surface area contributed by atoms with E-state index in [2.05, 4.69) is 68.4 Å². The highest BCUT2D eigenvalue weighted by Gasteiger charge is 2.35. The minimum absolute atomic E-state index is 0.0804. The lowest BCUT2D eigenvalue weighted by Crippen LogP contribution is -2.14. The van der Waals surface area contributed by atoms with Crippen molar-refractivity contribution >= 4 is 22.2 Å². The van der Waals surface area contributed by atoms with E-state index in [0.29, 0.717) is 11.8 Å². The molecule has 0 bridgehead atoms. The zero-order valence-corrected chi connectivity index (χ0v) is 21.6. The van der Waals surface area contributed by atoms with Crippen LogP contribution < -0.4 is 0 Å². The Balaban J connectivity index is 1.33. The van der Waals surface area contributed by atoms with E-state index in [1.54, 1.807) is 0 Å². The number of benzene rings is 5. The molecule has 4 nitrogen and oxygen atoms in total. The van der Waals surface area contributed by atoms with Crippen LogP contribution in [0.5, 0.6) is 0 Å². The third kappa shape index (κ3) is 3.38. The molecular weight excluding hydrogens is 480 g/mol. The van der Waals surface area contributed by atoms with Gasteiger partial charge in [0.15, 0.2) is 11.2 Å². The van der Waals surface area contributed by atoms with Crippen molar-refractivity contribution < 1.29 is 8.83 Å². The maximum Gasteiger partial charge on any atom is 0.227 e. The molecule has 0 radical (unpaired) electrons. The van der Waals surface area contributed by atoms with Crippen molar-refractivity contribution in [1.29, 1.82) is 0 Å². The van der Waals surface area contributed by atoms with Crippen LogP contribution in [0.2, 0.25) is 0 Å². The Kier molecular flexibility index (Phi) is 4.54. The number of hydrogen-bond donors (Lipinski definition) is 0. The summed E-state index contributed by atoms with van der Waals surface area (Å²) in [7, 11) is 0. The van der Waals surface area contributed by atoms with Gasteiger partial charge >= 0.3 is 0 Å². The summed E-state index contributed by atoms with van der Waals surface area (Å²) in [5.74, 6) is 1.15. The lowest BCUT2D eigenvalue weighted by Gasteiger charge is -2.22. The van der Waals surface area contributed by atoms with Crippen LogP contribution in [0.25, 0.3) is 67.4 Å². The Bertz CT molecular complexity index is 1900. The largest absolute Gasteiger partial charge is 0.436 e. The van der Waals surface area contributed by atoms with E-state index >= 15 is 0 Å². The van der Waals surface area contributed by atoms with E-state index in [0.717, 1.165) is 44.5 Å². The Hall–Kier alpha value is -4.96. The van der Waals surface area contributed by atoms with Crippen LogP contribution >= 0.6 is 0 Å². The second-order valence-corrected chi connectivity index (χ2v) is 10.7. The molecule has 0 amide bonds. The van der Waals surface area contributed by atoms with Gasteiger partial charge in [-0.15, -0.1) is 0 Å². The van der Waals surface area contributed by atoms with Crippen molar-refractivity contribution in [2.45, 2.75) is 19.3 Å². The van der Waals surface area contributed by atoms with Crippen LogP contribution in [0.4, 0.5) is 0 Å². The minimum atomic E-state index is -0.0804. The highest BCUT2D eigenvalue weighted by atomic mass is 16.4. The zero-order valence-electron chi connectivity index (χ0n) is 21.6. The normalized spacial score (nSPS) is 13.6. The van der Waals surface area contributed by atoms with Crippen LogP contribution in [-0.4, -0.2) is 9.97 Å². The Morgan fingerprint density at radius 2 is 1.03 bits per heavy atom. The van der Waals surface area contributed by atoms with Gasteiger partial charge in [-0.3, -0.25) is 0 Å².